The molecule has 3 rings (SSSR count). The van der Waals surface area contributed by atoms with E-state index < -0.39 is 16.8 Å². The Bertz CT molecular complexity index is 891. The summed E-state index contributed by atoms with van der Waals surface area (Å²) in [7, 11) is 0. The van der Waals surface area contributed by atoms with Crippen LogP contribution < -0.4 is 5.32 Å². The van der Waals surface area contributed by atoms with Gasteiger partial charge in [0.1, 0.15) is 0 Å². The van der Waals surface area contributed by atoms with Crippen molar-refractivity contribution >= 4 is 23.3 Å². The fourth-order valence-electron chi connectivity index (χ4n) is 3.03. The molecule has 0 radical (unpaired) electrons. The molecule has 0 heterocycles. The lowest BCUT2D eigenvalue weighted by molar-refractivity contribution is -0.384. The van der Waals surface area contributed by atoms with Gasteiger partial charge in [0.2, 0.25) is 0 Å². The molecule has 1 aliphatic rings. The minimum Gasteiger partial charge on any atom is -0.462 e. The Morgan fingerprint density at radius 1 is 1.12 bits per heavy atom. The van der Waals surface area contributed by atoms with Gasteiger partial charge in [0.15, 0.2) is 0 Å². The summed E-state index contributed by atoms with van der Waals surface area (Å²) in [4.78, 5) is 34.9. The van der Waals surface area contributed by atoms with Gasteiger partial charge in [-0.15, -0.1) is 0 Å². The van der Waals surface area contributed by atoms with Crippen LogP contribution in [0.25, 0.3) is 0 Å². The van der Waals surface area contributed by atoms with Crippen LogP contribution in [-0.4, -0.2) is 23.4 Å². The topological polar surface area (TPSA) is 98.5 Å². The van der Waals surface area contributed by atoms with E-state index in [1.54, 1.807) is 6.92 Å². The van der Waals surface area contributed by atoms with E-state index in [2.05, 4.69) is 5.32 Å². The second-order valence-electron chi connectivity index (χ2n) is 6.04. The second kappa shape index (κ2) is 7.35. The van der Waals surface area contributed by atoms with Gasteiger partial charge in [0.05, 0.1) is 17.1 Å². The van der Waals surface area contributed by atoms with Crippen LogP contribution in [0.5, 0.6) is 0 Å². The number of rotatable bonds is 5. The molecule has 7 heteroatoms. The summed E-state index contributed by atoms with van der Waals surface area (Å²) >= 11 is 0. The average molecular weight is 354 g/mol. The Kier molecular flexibility index (Phi) is 4.97. The molecule has 1 amide bonds. The van der Waals surface area contributed by atoms with E-state index >= 15 is 0 Å². The number of nitro groups is 1. The van der Waals surface area contributed by atoms with E-state index in [4.69, 9.17) is 4.74 Å². The van der Waals surface area contributed by atoms with Gasteiger partial charge in [-0.3, -0.25) is 14.9 Å². The molecule has 0 aliphatic heterocycles. The van der Waals surface area contributed by atoms with Crippen molar-refractivity contribution in [2.75, 3.05) is 11.9 Å². The van der Waals surface area contributed by atoms with Crippen LogP contribution in [0.15, 0.2) is 36.4 Å². The predicted molar refractivity (Wildman–Crippen MR) is 95.5 cm³/mol. The first-order valence-electron chi connectivity index (χ1n) is 8.37. The number of nitrogens with zero attached hydrogens (tertiary/aromatic N) is 1. The fraction of sp³-hybridized carbons (Fsp3) is 0.263. The van der Waals surface area contributed by atoms with Crippen molar-refractivity contribution in [3.63, 3.8) is 0 Å². The van der Waals surface area contributed by atoms with Crippen molar-refractivity contribution in [2.24, 2.45) is 0 Å². The van der Waals surface area contributed by atoms with Gasteiger partial charge in [0.25, 0.3) is 11.6 Å². The van der Waals surface area contributed by atoms with Crippen LogP contribution >= 0.6 is 0 Å². The maximum absolute atomic E-state index is 12.5. The van der Waals surface area contributed by atoms with Gasteiger partial charge in [-0.05, 0) is 55.5 Å². The summed E-state index contributed by atoms with van der Waals surface area (Å²) < 4.78 is 4.87. The molecule has 7 nitrogen and oxygen atoms in total. The van der Waals surface area contributed by atoms with Gasteiger partial charge in [-0.25, -0.2) is 4.79 Å². The van der Waals surface area contributed by atoms with Crippen molar-refractivity contribution in [1.29, 1.82) is 0 Å². The predicted octanol–water partition coefficient (Wildman–Crippen LogP) is 3.51. The first kappa shape index (κ1) is 17.6. The Labute approximate surface area is 150 Å². The summed E-state index contributed by atoms with van der Waals surface area (Å²) in [6.45, 7) is 1.77. The summed E-state index contributed by atoms with van der Waals surface area (Å²) in [6.07, 6.45) is 3.11. The first-order chi connectivity index (χ1) is 12.5. The molecule has 0 unspecified atom stereocenters. The number of nitro benzene ring substituents is 1. The maximum Gasteiger partial charge on any atom is 0.338 e. The zero-order valence-corrected chi connectivity index (χ0v) is 14.3. The Morgan fingerprint density at radius 2 is 1.85 bits per heavy atom. The van der Waals surface area contributed by atoms with Gasteiger partial charge in [-0.1, -0.05) is 6.07 Å². The molecule has 2 aromatic rings. The molecule has 0 aromatic heterocycles. The molecule has 0 saturated heterocycles. The van der Waals surface area contributed by atoms with Crippen LogP contribution in [0.3, 0.4) is 0 Å². The number of carbonyl (C=O) groups excluding carboxylic acids is 2. The monoisotopic (exact) mass is 354 g/mol. The summed E-state index contributed by atoms with van der Waals surface area (Å²) in [5, 5.41) is 13.9. The van der Waals surface area contributed by atoms with Crippen LogP contribution in [0, 0.1) is 10.1 Å². The van der Waals surface area contributed by atoms with Crippen molar-refractivity contribution < 1.29 is 19.2 Å². The van der Waals surface area contributed by atoms with Gasteiger partial charge in [0, 0.05) is 23.4 Å². The molecule has 0 atom stereocenters. The number of non-ortho nitro benzene ring substituents is 1. The lowest BCUT2D eigenvalue weighted by atomic mass is 10.1. The number of carbonyl (C=O) groups is 2. The molecule has 2 aromatic carbocycles. The molecule has 0 bridgehead atoms. The maximum atomic E-state index is 12.5. The Hall–Kier alpha value is -3.22. The van der Waals surface area contributed by atoms with Crippen molar-refractivity contribution in [3.8, 4) is 0 Å². The third-order valence-electron chi connectivity index (χ3n) is 4.26. The minimum absolute atomic E-state index is 0.0276. The van der Waals surface area contributed by atoms with E-state index in [-0.39, 0.29) is 23.4 Å². The zero-order valence-electron chi connectivity index (χ0n) is 14.3. The molecule has 0 fully saturated rings. The molecular formula is C19H18N2O5. The van der Waals surface area contributed by atoms with Crippen LogP contribution in [-0.2, 0) is 17.6 Å². The quantitative estimate of drug-likeness (QED) is 0.503. The highest BCUT2D eigenvalue weighted by atomic mass is 16.6. The highest BCUT2D eigenvalue weighted by Gasteiger charge is 2.19. The number of ether oxygens (including phenoxy) is 1. The first-order valence-corrected chi connectivity index (χ1v) is 8.37. The number of benzene rings is 2. The van der Waals surface area contributed by atoms with Crippen LogP contribution in [0.1, 0.15) is 45.2 Å². The highest BCUT2D eigenvalue weighted by Crippen LogP contribution is 2.25. The van der Waals surface area contributed by atoms with Crippen molar-refractivity contribution in [3.05, 3.63) is 68.8 Å². The van der Waals surface area contributed by atoms with Crippen LogP contribution in [0.4, 0.5) is 11.4 Å². The molecule has 1 N–H and O–H groups in total. The van der Waals surface area contributed by atoms with Gasteiger partial charge < -0.3 is 10.1 Å². The molecule has 1 aliphatic carbocycles. The van der Waals surface area contributed by atoms with E-state index in [9.17, 15) is 19.7 Å². The molecular weight excluding hydrogens is 336 g/mol. The van der Waals surface area contributed by atoms with Crippen molar-refractivity contribution in [2.45, 2.75) is 26.2 Å². The zero-order chi connectivity index (χ0) is 18.7. The standard InChI is InChI=1S/C19H18N2O5/c1-2-26-19(23)15-8-14(10-17(11-15)21(24)25)18(22)20-16-7-6-12-4-3-5-13(12)9-16/h6-11H,2-5H2,1H3,(H,20,22). The second-order valence-corrected chi connectivity index (χ2v) is 6.04. The highest BCUT2D eigenvalue weighted by molar-refractivity contribution is 6.06. The minimum atomic E-state index is -0.706. The summed E-state index contributed by atoms with van der Waals surface area (Å²) in [5.74, 6) is -1.22. The van der Waals surface area contributed by atoms with Crippen molar-refractivity contribution in [1.82, 2.24) is 0 Å². The number of nitrogens with one attached hydrogen (secondary N) is 1. The lowest BCUT2D eigenvalue weighted by Gasteiger charge is -2.09. The number of amides is 1. The molecule has 0 saturated carbocycles. The molecule has 26 heavy (non-hydrogen) atoms. The molecule has 0 spiro atoms. The van der Waals surface area contributed by atoms with E-state index in [0.29, 0.717) is 5.69 Å². The smallest absolute Gasteiger partial charge is 0.338 e. The number of anilines is 1. The van der Waals surface area contributed by atoms with E-state index in [1.807, 2.05) is 18.2 Å². The van der Waals surface area contributed by atoms with Crippen LogP contribution in [0.2, 0.25) is 0 Å². The van der Waals surface area contributed by atoms with E-state index in [0.717, 1.165) is 31.4 Å². The SMILES string of the molecule is CCOC(=O)c1cc(C(=O)Nc2ccc3c(c2)CCC3)cc([N+](=O)[O-])c1. The number of hydrogen-bond donors (Lipinski definition) is 1. The Balaban J connectivity index is 1.88. The third-order valence-corrected chi connectivity index (χ3v) is 4.26. The molecule has 134 valence electrons. The van der Waals surface area contributed by atoms with Gasteiger partial charge in [-0.2, -0.15) is 0 Å². The number of aryl methyl sites for hydroxylation is 2. The average Bonchev–Trinajstić information content (AvgIpc) is 3.09. The summed E-state index contributed by atoms with van der Waals surface area (Å²) in [5.41, 5.74) is 2.77. The number of fused-ring (bicyclic) bond motifs is 1. The third kappa shape index (κ3) is 3.72. The number of esters is 1. The fourth-order valence-corrected chi connectivity index (χ4v) is 3.03. The normalized spacial score (nSPS) is 12.3. The largest absolute Gasteiger partial charge is 0.462 e. The lowest BCUT2D eigenvalue weighted by Crippen LogP contribution is -2.14. The summed E-state index contributed by atoms with van der Waals surface area (Å²) in [6, 6.07) is 9.26. The van der Waals surface area contributed by atoms with E-state index in [1.165, 1.54) is 17.2 Å². The number of hydrogen-bond acceptors (Lipinski definition) is 5. The van der Waals surface area contributed by atoms with Gasteiger partial charge >= 0.3 is 5.97 Å². The Morgan fingerprint density at radius 3 is 2.58 bits per heavy atom.